The van der Waals surface area contributed by atoms with Crippen LogP contribution >= 0.6 is 0 Å². The molecule has 0 aliphatic rings. The lowest BCUT2D eigenvalue weighted by molar-refractivity contribution is -0.146. The zero-order valence-electron chi connectivity index (χ0n) is 19.4. The fourth-order valence-electron chi connectivity index (χ4n) is 2.75. The van der Waals surface area contributed by atoms with Gasteiger partial charge in [-0.15, -0.1) is 0 Å². The van der Waals surface area contributed by atoms with Gasteiger partial charge in [0.1, 0.15) is 6.29 Å². The first kappa shape index (κ1) is 27.9. The highest BCUT2D eigenvalue weighted by Gasteiger charge is 2.35. The van der Waals surface area contributed by atoms with E-state index in [0.717, 1.165) is 0 Å². The molecule has 2 rings (SSSR count). The van der Waals surface area contributed by atoms with Crippen LogP contribution in [0.4, 0.5) is 22.0 Å². The Labute approximate surface area is 198 Å². The molecule has 0 bridgehead atoms. The van der Waals surface area contributed by atoms with Crippen molar-refractivity contribution >= 4 is 18.2 Å². The third kappa shape index (κ3) is 6.84. The minimum absolute atomic E-state index is 0.0359. The van der Waals surface area contributed by atoms with Gasteiger partial charge in [0.05, 0.1) is 11.0 Å². The topological polar surface area (TPSA) is 81.7 Å². The molecule has 2 aromatic rings. The van der Waals surface area contributed by atoms with E-state index < -0.39 is 57.7 Å². The van der Waals surface area contributed by atoms with Crippen LogP contribution in [0.3, 0.4) is 0 Å². The maximum Gasteiger partial charge on any atom is 0.317 e. The number of hydrogen-bond donors (Lipinski definition) is 1. The zero-order valence-corrected chi connectivity index (χ0v) is 19.4. The fraction of sp³-hybridized carbons (Fsp3) is 0.375. The van der Waals surface area contributed by atoms with Gasteiger partial charge in [0.2, 0.25) is 34.8 Å². The Morgan fingerprint density at radius 3 is 1.91 bits per heavy atom. The number of esters is 1. The molecule has 0 atom stereocenters. The predicted molar refractivity (Wildman–Crippen MR) is 114 cm³/mol. The van der Waals surface area contributed by atoms with E-state index in [4.69, 9.17) is 4.74 Å². The summed E-state index contributed by atoms with van der Waals surface area (Å²) in [6, 6.07) is 5.98. The summed E-state index contributed by atoms with van der Waals surface area (Å²) in [7, 11) is 0. The van der Waals surface area contributed by atoms with E-state index in [1.807, 2.05) is 0 Å². The highest BCUT2D eigenvalue weighted by Crippen LogP contribution is 2.32. The molecule has 0 aromatic heterocycles. The quantitative estimate of drug-likeness (QED) is 0.127. The van der Waals surface area contributed by atoms with Gasteiger partial charge in [-0.1, -0.05) is 12.1 Å². The Hall–Kier alpha value is -3.34. The minimum Gasteiger partial charge on any atom is -0.420 e. The average Bonchev–Trinajstić information content (AvgIpc) is 2.82. The molecule has 6 nitrogen and oxygen atoms in total. The summed E-state index contributed by atoms with van der Waals surface area (Å²) in [5.74, 6) is -14.6. The molecule has 2 aromatic carbocycles. The van der Waals surface area contributed by atoms with Crippen LogP contribution in [0, 0.1) is 34.5 Å². The molecule has 190 valence electrons. The molecule has 0 fully saturated rings. The van der Waals surface area contributed by atoms with E-state index in [1.165, 1.54) is 38.1 Å². The number of aldehydes is 1. The number of nitrogens with one attached hydrogen (secondary N) is 1. The van der Waals surface area contributed by atoms with E-state index in [1.54, 1.807) is 13.8 Å². The summed E-state index contributed by atoms with van der Waals surface area (Å²) in [5.41, 5.74) is -1.55. The van der Waals surface area contributed by atoms with Crippen molar-refractivity contribution < 1.29 is 45.8 Å². The number of benzene rings is 2. The fourth-order valence-corrected chi connectivity index (χ4v) is 2.75. The van der Waals surface area contributed by atoms with Crippen molar-refractivity contribution in [3.63, 3.8) is 0 Å². The monoisotopic (exact) mass is 501 g/mol. The average molecular weight is 501 g/mol. The van der Waals surface area contributed by atoms with Crippen LogP contribution in [0.25, 0.3) is 0 Å². The van der Waals surface area contributed by atoms with Gasteiger partial charge >= 0.3 is 5.97 Å². The predicted octanol–water partition coefficient (Wildman–Crippen LogP) is 4.74. The largest absolute Gasteiger partial charge is 0.420 e. The van der Waals surface area contributed by atoms with Crippen LogP contribution in [-0.2, 0) is 9.53 Å². The van der Waals surface area contributed by atoms with Gasteiger partial charge < -0.3 is 14.8 Å². The van der Waals surface area contributed by atoms with Gasteiger partial charge in [0.15, 0.2) is 0 Å². The van der Waals surface area contributed by atoms with E-state index in [2.05, 4.69) is 10.1 Å². The molecule has 1 amide bonds. The number of carbonyl (C=O) groups is 3. The van der Waals surface area contributed by atoms with Crippen LogP contribution in [0.15, 0.2) is 24.3 Å². The molecule has 0 spiro atoms. The number of hydrogen-bond acceptors (Lipinski definition) is 5. The third-order valence-corrected chi connectivity index (χ3v) is 5.12. The highest BCUT2D eigenvalue weighted by atomic mass is 19.2. The van der Waals surface area contributed by atoms with E-state index in [-0.39, 0.29) is 19.6 Å². The minimum atomic E-state index is -2.36. The second-order valence-electron chi connectivity index (χ2n) is 8.95. The summed E-state index contributed by atoms with van der Waals surface area (Å²) >= 11 is 0. The lowest BCUT2D eigenvalue weighted by Crippen LogP contribution is -2.41. The van der Waals surface area contributed by atoms with Crippen LogP contribution in [0.1, 0.15) is 54.8 Å². The van der Waals surface area contributed by atoms with Gasteiger partial charge in [-0.3, -0.25) is 14.4 Å². The Kier molecular flexibility index (Phi) is 8.72. The van der Waals surface area contributed by atoms with E-state index in [9.17, 15) is 36.3 Å². The first-order valence-electron chi connectivity index (χ1n) is 10.4. The summed E-state index contributed by atoms with van der Waals surface area (Å²) < 4.78 is 77.7. The summed E-state index contributed by atoms with van der Waals surface area (Å²) in [5, 5.41) is 2.68. The van der Waals surface area contributed by atoms with Gasteiger partial charge in [-0.05, 0) is 46.2 Å². The molecule has 0 saturated heterocycles. The van der Waals surface area contributed by atoms with Crippen molar-refractivity contribution in [2.45, 2.75) is 39.7 Å². The molecule has 35 heavy (non-hydrogen) atoms. The van der Waals surface area contributed by atoms with Crippen molar-refractivity contribution in [2.75, 3.05) is 13.2 Å². The van der Waals surface area contributed by atoms with E-state index in [0.29, 0.717) is 17.4 Å². The maximum atomic E-state index is 13.8. The Morgan fingerprint density at radius 2 is 1.40 bits per heavy atom. The van der Waals surface area contributed by atoms with Gasteiger partial charge in [-0.2, -0.15) is 8.78 Å². The Bertz CT molecular complexity index is 1090. The number of carbonyl (C=O) groups excluding carboxylic acids is 3. The van der Waals surface area contributed by atoms with Crippen LogP contribution in [0.2, 0.25) is 0 Å². The number of amides is 1. The highest BCUT2D eigenvalue weighted by molar-refractivity contribution is 5.94. The summed E-state index contributed by atoms with van der Waals surface area (Å²) in [4.78, 5) is 35.3. The van der Waals surface area contributed by atoms with Crippen molar-refractivity contribution in [1.29, 1.82) is 0 Å². The first-order valence-corrected chi connectivity index (χ1v) is 10.4. The standard InChI is InChI=1S/C24H24F5NO5/c1-23(2,22(33)35-20-18(28)16(26)15(25)17(27)19(20)29)9-10-34-24(3,4)12-30-21(32)14-7-5-13(11-31)6-8-14/h5-8,11H,9-10,12H2,1-4H3,(H,30,32). The molecule has 0 unspecified atom stereocenters. The molecule has 0 radical (unpaired) electrons. The number of rotatable bonds is 10. The molecular formula is C24H24F5NO5. The van der Waals surface area contributed by atoms with Crippen LogP contribution in [-0.4, -0.2) is 36.9 Å². The van der Waals surface area contributed by atoms with E-state index >= 15 is 0 Å². The molecular weight excluding hydrogens is 477 g/mol. The van der Waals surface area contributed by atoms with Crippen LogP contribution in [0.5, 0.6) is 5.75 Å². The molecule has 0 aliphatic carbocycles. The van der Waals surface area contributed by atoms with Gasteiger partial charge in [0, 0.05) is 24.3 Å². The Balaban J connectivity index is 1.93. The summed E-state index contributed by atoms with van der Waals surface area (Å²) in [6.07, 6.45) is 0.616. The number of ether oxygens (including phenoxy) is 2. The van der Waals surface area contributed by atoms with Crippen molar-refractivity contribution in [2.24, 2.45) is 5.41 Å². The molecule has 0 saturated carbocycles. The van der Waals surface area contributed by atoms with Crippen molar-refractivity contribution in [3.05, 3.63) is 64.5 Å². The zero-order chi connectivity index (χ0) is 26.6. The van der Waals surface area contributed by atoms with Crippen molar-refractivity contribution in [1.82, 2.24) is 5.32 Å². The summed E-state index contributed by atoms with van der Waals surface area (Å²) in [6.45, 7) is 6.06. The molecule has 11 heteroatoms. The Morgan fingerprint density at radius 1 is 0.886 bits per heavy atom. The number of halogens is 5. The normalized spacial score (nSPS) is 11.8. The van der Waals surface area contributed by atoms with Crippen molar-refractivity contribution in [3.8, 4) is 5.75 Å². The van der Waals surface area contributed by atoms with Crippen LogP contribution < -0.4 is 10.1 Å². The third-order valence-electron chi connectivity index (χ3n) is 5.12. The molecule has 0 aliphatic heterocycles. The molecule has 1 N–H and O–H groups in total. The maximum absolute atomic E-state index is 13.8. The second-order valence-corrected chi connectivity index (χ2v) is 8.95. The SMILES string of the molecule is CC(C)(CNC(=O)c1ccc(C=O)cc1)OCCC(C)(C)C(=O)Oc1c(F)c(F)c(F)c(F)c1F. The van der Waals surface area contributed by atoms with Gasteiger partial charge in [0.25, 0.3) is 5.91 Å². The smallest absolute Gasteiger partial charge is 0.317 e. The second kappa shape index (κ2) is 10.9. The lowest BCUT2D eigenvalue weighted by Gasteiger charge is -2.28. The molecule has 0 heterocycles. The lowest BCUT2D eigenvalue weighted by atomic mass is 9.90. The first-order chi connectivity index (χ1) is 16.2. The van der Waals surface area contributed by atoms with Gasteiger partial charge in [-0.25, -0.2) is 13.2 Å².